The zero-order chi connectivity index (χ0) is 19.8. The second-order valence-electron chi connectivity index (χ2n) is 8.07. The fraction of sp³-hybridized carbons (Fsp3) is 0.682. The molecule has 7 heteroatoms. The number of nitrogens with zero attached hydrogens (tertiary/aromatic N) is 2. The van der Waals surface area contributed by atoms with Crippen molar-refractivity contribution in [3.8, 4) is 0 Å². The minimum atomic E-state index is -0.179. The van der Waals surface area contributed by atoms with E-state index < -0.39 is 0 Å². The summed E-state index contributed by atoms with van der Waals surface area (Å²) in [4.78, 5) is 6.68. The third-order valence-electron chi connectivity index (χ3n) is 6.26. The molecule has 0 atom stereocenters. The lowest BCUT2D eigenvalue weighted by Crippen LogP contribution is -2.48. The summed E-state index contributed by atoms with van der Waals surface area (Å²) in [6, 6.07) is 7.02. The molecule has 2 aliphatic rings. The molecule has 0 amide bonds. The van der Waals surface area contributed by atoms with Gasteiger partial charge in [-0.3, -0.25) is 4.99 Å². The molecule has 2 aliphatic heterocycles. The topological polar surface area (TPSA) is 46.1 Å². The second kappa shape index (κ2) is 12.1. The van der Waals surface area contributed by atoms with Crippen LogP contribution < -0.4 is 5.32 Å². The molecule has 0 bridgehead atoms. The van der Waals surface area contributed by atoms with Crippen molar-refractivity contribution < 1.29 is 13.9 Å². The summed E-state index contributed by atoms with van der Waals surface area (Å²) in [6.07, 6.45) is 5.23. The van der Waals surface area contributed by atoms with Crippen LogP contribution in [0.15, 0.2) is 29.3 Å². The Bertz CT molecular complexity index is 647. The molecule has 0 radical (unpaired) electrons. The molecular formula is C22H35FIN3O2. The summed E-state index contributed by atoms with van der Waals surface area (Å²) in [7, 11) is 3.92. The molecule has 0 unspecified atom stereocenters. The Morgan fingerprint density at radius 1 is 1.21 bits per heavy atom. The second-order valence-corrected chi connectivity index (χ2v) is 8.07. The first-order valence-electron chi connectivity index (χ1n) is 10.5. The molecule has 2 heterocycles. The van der Waals surface area contributed by atoms with E-state index in [9.17, 15) is 4.39 Å². The van der Waals surface area contributed by atoms with Crippen LogP contribution in [0.25, 0.3) is 0 Å². The fourth-order valence-corrected chi connectivity index (χ4v) is 4.30. The van der Waals surface area contributed by atoms with Crippen LogP contribution in [0.3, 0.4) is 0 Å². The highest BCUT2D eigenvalue weighted by molar-refractivity contribution is 14.0. The molecule has 1 aromatic rings. The molecule has 0 aromatic heterocycles. The average molecular weight is 519 g/mol. The zero-order valence-corrected chi connectivity index (χ0v) is 20.0. The maximum Gasteiger partial charge on any atom is 0.193 e. The SMILES string of the molecule is CN=C(NCC1(c2cccc(F)c2)CCOCC1)N(C)CCC1CCOCC1.I. The molecule has 3 rings (SSSR count). The van der Waals surface area contributed by atoms with Gasteiger partial charge in [0, 0.05) is 59.0 Å². The first kappa shape index (κ1) is 24.3. The van der Waals surface area contributed by atoms with Crippen molar-refractivity contribution in [1.29, 1.82) is 0 Å². The summed E-state index contributed by atoms with van der Waals surface area (Å²) >= 11 is 0. The number of hydrogen-bond acceptors (Lipinski definition) is 3. The van der Waals surface area contributed by atoms with E-state index in [1.807, 2.05) is 13.1 Å². The van der Waals surface area contributed by atoms with Crippen LogP contribution >= 0.6 is 24.0 Å². The number of guanidine groups is 1. The maximum atomic E-state index is 13.9. The number of aliphatic imine (C=N–C) groups is 1. The largest absolute Gasteiger partial charge is 0.381 e. The van der Waals surface area contributed by atoms with Crippen LogP contribution in [0, 0.1) is 11.7 Å². The number of benzene rings is 1. The molecule has 164 valence electrons. The normalized spacial score (nSPS) is 20.0. The van der Waals surface area contributed by atoms with E-state index in [1.54, 1.807) is 12.1 Å². The molecule has 2 fully saturated rings. The first-order chi connectivity index (χ1) is 13.6. The molecular weight excluding hydrogens is 484 g/mol. The van der Waals surface area contributed by atoms with Crippen molar-refractivity contribution in [2.24, 2.45) is 10.9 Å². The minimum absolute atomic E-state index is 0. The van der Waals surface area contributed by atoms with Crippen LogP contribution in [0.2, 0.25) is 0 Å². The van der Waals surface area contributed by atoms with Crippen molar-refractivity contribution in [2.45, 2.75) is 37.5 Å². The number of ether oxygens (including phenoxy) is 2. The molecule has 0 saturated carbocycles. The van der Waals surface area contributed by atoms with Crippen LogP contribution in [0.5, 0.6) is 0 Å². The fourth-order valence-electron chi connectivity index (χ4n) is 4.30. The summed E-state index contributed by atoms with van der Waals surface area (Å²) in [5.74, 6) is 1.46. The smallest absolute Gasteiger partial charge is 0.193 e. The summed E-state index contributed by atoms with van der Waals surface area (Å²) in [5.41, 5.74) is 0.918. The van der Waals surface area contributed by atoms with E-state index in [-0.39, 0.29) is 35.2 Å². The standard InChI is InChI=1S/C22H34FN3O2.HI/c1-24-21(26(2)11-6-18-7-12-27-13-8-18)25-17-22(9-14-28-15-10-22)19-4-3-5-20(23)16-19;/h3-5,16,18H,6-15,17H2,1-2H3,(H,24,25);1H. The summed E-state index contributed by atoms with van der Waals surface area (Å²) in [5, 5.41) is 3.56. The van der Waals surface area contributed by atoms with Gasteiger partial charge in [0.1, 0.15) is 5.82 Å². The Morgan fingerprint density at radius 2 is 1.90 bits per heavy atom. The van der Waals surface area contributed by atoms with Gasteiger partial charge in [0.15, 0.2) is 5.96 Å². The lowest BCUT2D eigenvalue weighted by molar-refractivity contribution is 0.0510. The lowest BCUT2D eigenvalue weighted by Gasteiger charge is -2.39. The van der Waals surface area contributed by atoms with E-state index in [0.717, 1.165) is 75.8 Å². The third-order valence-corrected chi connectivity index (χ3v) is 6.26. The van der Waals surface area contributed by atoms with Gasteiger partial charge in [-0.1, -0.05) is 12.1 Å². The number of rotatable bonds is 6. The third kappa shape index (κ3) is 6.79. The van der Waals surface area contributed by atoms with Crippen molar-refractivity contribution in [3.63, 3.8) is 0 Å². The monoisotopic (exact) mass is 519 g/mol. The lowest BCUT2D eigenvalue weighted by atomic mass is 9.74. The van der Waals surface area contributed by atoms with E-state index in [4.69, 9.17) is 9.47 Å². The van der Waals surface area contributed by atoms with Gasteiger partial charge in [0.2, 0.25) is 0 Å². The summed E-state index contributed by atoms with van der Waals surface area (Å²) in [6.45, 7) is 4.89. The molecule has 0 spiro atoms. The van der Waals surface area contributed by atoms with Crippen molar-refractivity contribution in [3.05, 3.63) is 35.6 Å². The minimum Gasteiger partial charge on any atom is -0.381 e. The highest BCUT2D eigenvalue weighted by atomic mass is 127. The Balaban J connectivity index is 0.00000300. The van der Waals surface area contributed by atoms with Crippen LogP contribution in [0.1, 0.15) is 37.7 Å². The van der Waals surface area contributed by atoms with E-state index >= 15 is 0 Å². The van der Waals surface area contributed by atoms with E-state index in [2.05, 4.69) is 22.3 Å². The molecule has 0 aliphatic carbocycles. The van der Waals surface area contributed by atoms with Gasteiger partial charge in [-0.2, -0.15) is 0 Å². The van der Waals surface area contributed by atoms with Crippen molar-refractivity contribution >= 4 is 29.9 Å². The zero-order valence-electron chi connectivity index (χ0n) is 17.7. The highest BCUT2D eigenvalue weighted by Gasteiger charge is 2.35. The van der Waals surface area contributed by atoms with E-state index in [1.165, 1.54) is 6.07 Å². The molecule has 29 heavy (non-hydrogen) atoms. The number of nitrogens with one attached hydrogen (secondary N) is 1. The van der Waals surface area contributed by atoms with Crippen molar-refractivity contribution in [2.75, 3.05) is 53.6 Å². The number of hydrogen-bond donors (Lipinski definition) is 1. The van der Waals surface area contributed by atoms with Crippen LogP contribution in [-0.2, 0) is 14.9 Å². The molecule has 5 nitrogen and oxygen atoms in total. The van der Waals surface area contributed by atoms with Gasteiger partial charge in [-0.25, -0.2) is 4.39 Å². The highest BCUT2D eigenvalue weighted by Crippen LogP contribution is 2.34. The Hall–Kier alpha value is -0.930. The number of halogens is 2. The Labute approximate surface area is 191 Å². The van der Waals surface area contributed by atoms with Gasteiger partial charge in [-0.05, 0) is 55.7 Å². The molecule has 2 saturated heterocycles. The maximum absolute atomic E-state index is 13.9. The average Bonchev–Trinajstić information content (AvgIpc) is 2.74. The van der Waals surface area contributed by atoms with Crippen LogP contribution in [-0.4, -0.2) is 64.5 Å². The van der Waals surface area contributed by atoms with Gasteiger partial charge in [0.05, 0.1) is 0 Å². The van der Waals surface area contributed by atoms with E-state index in [0.29, 0.717) is 13.2 Å². The summed E-state index contributed by atoms with van der Waals surface area (Å²) < 4.78 is 24.9. The van der Waals surface area contributed by atoms with Gasteiger partial charge < -0.3 is 19.7 Å². The van der Waals surface area contributed by atoms with Crippen molar-refractivity contribution in [1.82, 2.24) is 10.2 Å². The predicted molar refractivity (Wildman–Crippen MR) is 126 cm³/mol. The Morgan fingerprint density at radius 3 is 2.55 bits per heavy atom. The molecule has 1 aromatic carbocycles. The van der Waals surface area contributed by atoms with Gasteiger partial charge in [-0.15, -0.1) is 24.0 Å². The van der Waals surface area contributed by atoms with Crippen LogP contribution in [0.4, 0.5) is 4.39 Å². The Kier molecular flexibility index (Phi) is 10.1. The quantitative estimate of drug-likeness (QED) is 0.353. The van der Waals surface area contributed by atoms with Gasteiger partial charge >= 0.3 is 0 Å². The predicted octanol–water partition coefficient (Wildman–Crippen LogP) is 3.82. The molecule has 1 N–H and O–H groups in total. The first-order valence-corrected chi connectivity index (χ1v) is 10.5. The van der Waals surface area contributed by atoms with Gasteiger partial charge in [0.25, 0.3) is 0 Å².